The smallest absolute Gasteiger partial charge is 0.246 e. The van der Waals surface area contributed by atoms with Crippen LogP contribution >= 0.6 is 11.6 Å². The van der Waals surface area contributed by atoms with Crippen molar-refractivity contribution < 1.29 is 19.1 Å². The number of carbonyl (C=O) groups is 2. The minimum atomic E-state index is -0.0782. The summed E-state index contributed by atoms with van der Waals surface area (Å²) in [4.78, 5) is 27.0. The molecule has 3 rings (SSSR count). The van der Waals surface area contributed by atoms with Crippen molar-refractivity contribution in [3.63, 3.8) is 0 Å². The molecule has 0 saturated carbocycles. The van der Waals surface area contributed by atoms with Crippen LogP contribution in [-0.4, -0.2) is 43.4 Å². The highest BCUT2D eigenvalue weighted by Gasteiger charge is 2.27. The van der Waals surface area contributed by atoms with E-state index < -0.39 is 0 Å². The van der Waals surface area contributed by atoms with E-state index in [0.717, 1.165) is 11.1 Å². The number of hydrogen-bond donors (Lipinski definition) is 0. The topological polar surface area (TPSA) is 55.8 Å². The number of hydrogen-bond acceptors (Lipinski definition) is 4. The predicted molar refractivity (Wildman–Crippen MR) is 118 cm³/mol. The van der Waals surface area contributed by atoms with E-state index in [0.29, 0.717) is 49.1 Å². The summed E-state index contributed by atoms with van der Waals surface area (Å²) in [7, 11) is 1.54. The molecule has 0 aliphatic carbocycles. The Morgan fingerprint density at radius 1 is 1.17 bits per heavy atom. The van der Waals surface area contributed by atoms with Gasteiger partial charge in [-0.25, -0.2) is 0 Å². The Hall–Kier alpha value is -2.79. The molecule has 5 nitrogen and oxygen atoms in total. The van der Waals surface area contributed by atoms with Gasteiger partial charge in [-0.05, 0) is 43.5 Å². The van der Waals surface area contributed by atoms with Crippen LogP contribution in [0, 0.1) is 5.92 Å². The van der Waals surface area contributed by atoms with Crippen LogP contribution in [0.15, 0.2) is 48.5 Å². The Balaban J connectivity index is 1.61. The van der Waals surface area contributed by atoms with Crippen molar-refractivity contribution in [3.05, 3.63) is 64.7 Å². The maximum Gasteiger partial charge on any atom is 0.246 e. The van der Waals surface area contributed by atoms with Gasteiger partial charge in [-0.3, -0.25) is 9.59 Å². The van der Waals surface area contributed by atoms with Gasteiger partial charge in [-0.15, -0.1) is 0 Å². The predicted octanol–water partition coefficient (Wildman–Crippen LogP) is 4.88. The Morgan fingerprint density at radius 3 is 2.50 bits per heavy atom. The minimum absolute atomic E-state index is 0.0328. The number of ketones is 1. The van der Waals surface area contributed by atoms with Crippen LogP contribution in [0.25, 0.3) is 6.08 Å². The summed E-state index contributed by atoms with van der Waals surface area (Å²) in [6.07, 6.45) is 4.61. The summed E-state index contributed by atoms with van der Waals surface area (Å²) in [5.74, 6) is 1.07. The number of halogens is 1. The van der Waals surface area contributed by atoms with Gasteiger partial charge >= 0.3 is 0 Å². The number of rotatable bonds is 7. The Kier molecular flexibility index (Phi) is 7.52. The molecule has 0 aromatic heterocycles. The fraction of sp³-hybridized carbons (Fsp3) is 0.333. The molecule has 2 aromatic rings. The van der Waals surface area contributed by atoms with Crippen LogP contribution in [0.5, 0.6) is 11.5 Å². The molecular formula is C24H26ClNO4. The lowest BCUT2D eigenvalue weighted by Gasteiger charge is -2.30. The van der Waals surface area contributed by atoms with Crippen molar-refractivity contribution in [3.8, 4) is 11.5 Å². The first-order valence-corrected chi connectivity index (χ1v) is 10.5. The van der Waals surface area contributed by atoms with Crippen molar-refractivity contribution in [1.29, 1.82) is 0 Å². The van der Waals surface area contributed by atoms with Crippen LogP contribution in [0.3, 0.4) is 0 Å². The summed E-state index contributed by atoms with van der Waals surface area (Å²) < 4.78 is 10.9. The number of carbonyl (C=O) groups excluding carboxylic acids is 2. The van der Waals surface area contributed by atoms with Crippen LogP contribution < -0.4 is 9.47 Å². The van der Waals surface area contributed by atoms with Crippen LogP contribution in [0.1, 0.15) is 35.7 Å². The number of nitrogens with zero attached hydrogens (tertiary/aromatic N) is 1. The molecule has 0 atom stereocenters. The fourth-order valence-corrected chi connectivity index (χ4v) is 3.91. The van der Waals surface area contributed by atoms with Crippen molar-refractivity contribution in [2.24, 2.45) is 5.92 Å². The molecule has 1 saturated heterocycles. The maximum atomic E-state index is 12.6. The lowest BCUT2D eigenvalue weighted by molar-refractivity contribution is -0.127. The lowest BCUT2D eigenvalue weighted by Crippen LogP contribution is -2.39. The van der Waals surface area contributed by atoms with E-state index in [1.165, 1.54) is 13.2 Å². The van der Waals surface area contributed by atoms with Gasteiger partial charge in [0.05, 0.1) is 18.7 Å². The van der Waals surface area contributed by atoms with Gasteiger partial charge in [0.2, 0.25) is 5.91 Å². The summed E-state index contributed by atoms with van der Waals surface area (Å²) >= 11 is 6.26. The van der Waals surface area contributed by atoms with Gasteiger partial charge in [0.1, 0.15) is 0 Å². The number of methoxy groups -OCH3 is 1. The molecule has 0 spiro atoms. The standard InChI is InChI=1S/C24H26ClNO4/c1-3-30-21-16-17(15-20(25)24(21)29-2)9-10-22(27)26-13-11-19(12-14-26)23(28)18-7-5-4-6-8-18/h4-10,15-16,19H,3,11-14H2,1-2H3/b10-9+. The van der Waals surface area contributed by atoms with Gasteiger partial charge in [0.15, 0.2) is 17.3 Å². The SMILES string of the molecule is CCOc1cc(/C=C/C(=O)N2CCC(C(=O)c3ccccc3)CC2)cc(Cl)c1OC. The average molecular weight is 428 g/mol. The summed E-state index contributed by atoms with van der Waals surface area (Å²) in [5, 5.41) is 0.427. The second-order valence-corrected chi connectivity index (χ2v) is 7.54. The molecule has 6 heteroatoms. The molecule has 1 aliphatic rings. The zero-order chi connectivity index (χ0) is 21.5. The third-order valence-electron chi connectivity index (χ3n) is 5.19. The first kappa shape index (κ1) is 21.9. The average Bonchev–Trinajstić information content (AvgIpc) is 2.78. The number of piperidine rings is 1. The highest BCUT2D eigenvalue weighted by Crippen LogP contribution is 2.36. The maximum absolute atomic E-state index is 12.6. The van der Waals surface area contributed by atoms with E-state index in [9.17, 15) is 9.59 Å². The monoisotopic (exact) mass is 427 g/mol. The largest absolute Gasteiger partial charge is 0.491 e. The van der Waals surface area contributed by atoms with Crippen LogP contribution in [0.4, 0.5) is 0 Å². The molecule has 1 amide bonds. The van der Waals surface area contributed by atoms with Crippen LogP contribution in [0.2, 0.25) is 5.02 Å². The van der Waals surface area contributed by atoms with E-state index in [-0.39, 0.29) is 17.6 Å². The van der Waals surface area contributed by atoms with E-state index in [1.807, 2.05) is 37.3 Å². The lowest BCUT2D eigenvalue weighted by atomic mass is 9.89. The molecule has 2 aromatic carbocycles. The Labute approximate surface area is 182 Å². The Bertz CT molecular complexity index is 918. The Morgan fingerprint density at radius 2 is 1.87 bits per heavy atom. The van der Waals surface area contributed by atoms with Gasteiger partial charge in [-0.2, -0.15) is 0 Å². The van der Waals surface area contributed by atoms with Crippen molar-refractivity contribution in [2.75, 3.05) is 26.8 Å². The molecular weight excluding hydrogens is 402 g/mol. The highest BCUT2D eigenvalue weighted by molar-refractivity contribution is 6.32. The number of likely N-dealkylation sites (tertiary alicyclic amines) is 1. The quantitative estimate of drug-likeness (QED) is 0.466. The van der Waals surface area contributed by atoms with Gasteiger partial charge in [0.25, 0.3) is 0 Å². The normalized spacial score (nSPS) is 14.7. The molecule has 0 unspecified atom stereocenters. The molecule has 30 heavy (non-hydrogen) atoms. The van der Waals surface area contributed by atoms with E-state index in [2.05, 4.69) is 0 Å². The van der Waals surface area contributed by atoms with Gasteiger partial charge < -0.3 is 14.4 Å². The van der Waals surface area contributed by atoms with Crippen molar-refractivity contribution >= 4 is 29.4 Å². The third-order valence-corrected chi connectivity index (χ3v) is 5.47. The van der Waals surface area contributed by atoms with Crippen molar-refractivity contribution in [1.82, 2.24) is 4.90 Å². The first-order valence-electron chi connectivity index (χ1n) is 10.1. The second kappa shape index (κ2) is 10.3. The molecule has 1 heterocycles. The molecule has 158 valence electrons. The molecule has 0 bridgehead atoms. The molecule has 0 radical (unpaired) electrons. The minimum Gasteiger partial charge on any atom is -0.491 e. The third kappa shape index (κ3) is 5.22. The van der Waals surface area contributed by atoms with E-state index >= 15 is 0 Å². The number of ether oxygens (including phenoxy) is 2. The molecule has 1 aliphatic heterocycles. The zero-order valence-electron chi connectivity index (χ0n) is 17.3. The summed E-state index contributed by atoms with van der Waals surface area (Å²) in [6.45, 7) is 3.50. The first-order chi connectivity index (χ1) is 14.5. The van der Waals surface area contributed by atoms with Gasteiger partial charge in [0, 0.05) is 30.6 Å². The van der Waals surface area contributed by atoms with E-state index in [1.54, 1.807) is 23.1 Å². The fourth-order valence-electron chi connectivity index (χ4n) is 3.62. The number of Topliss-reactive ketones (excluding diaryl/α,β-unsaturated/α-hetero) is 1. The molecule has 0 N–H and O–H groups in total. The zero-order valence-corrected chi connectivity index (χ0v) is 18.0. The van der Waals surface area contributed by atoms with Crippen LogP contribution in [-0.2, 0) is 4.79 Å². The highest BCUT2D eigenvalue weighted by atomic mass is 35.5. The summed E-state index contributed by atoms with van der Waals surface area (Å²) in [6, 6.07) is 12.9. The second-order valence-electron chi connectivity index (χ2n) is 7.13. The molecule has 1 fully saturated rings. The number of benzene rings is 2. The number of amides is 1. The van der Waals surface area contributed by atoms with Crippen molar-refractivity contribution in [2.45, 2.75) is 19.8 Å². The van der Waals surface area contributed by atoms with E-state index in [4.69, 9.17) is 21.1 Å². The summed E-state index contributed by atoms with van der Waals surface area (Å²) in [5.41, 5.74) is 1.50. The van der Waals surface area contributed by atoms with Gasteiger partial charge in [-0.1, -0.05) is 41.9 Å².